The van der Waals surface area contributed by atoms with Crippen LogP contribution in [0.25, 0.3) is 5.13 Å². The van der Waals surface area contributed by atoms with Crippen LogP contribution in [0.3, 0.4) is 0 Å². The number of thiazole rings is 1. The van der Waals surface area contributed by atoms with Crippen LogP contribution in [0.15, 0.2) is 30.9 Å². The molecule has 0 spiro atoms. The Bertz CT molecular complexity index is 988. The Balaban J connectivity index is 1.45. The number of halogens is 1. The van der Waals surface area contributed by atoms with Gasteiger partial charge in [0.2, 0.25) is 5.82 Å². The van der Waals surface area contributed by atoms with Gasteiger partial charge in [-0.1, -0.05) is 18.3 Å². The molecule has 0 bridgehead atoms. The van der Waals surface area contributed by atoms with Crippen LogP contribution in [0.5, 0.6) is 5.88 Å². The molecule has 1 aliphatic rings. The molecule has 0 N–H and O–H groups in total. The Morgan fingerprint density at radius 2 is 2.14 bits per heavy atom. The summed E-state index contributed by atoms with van der Waals surface area (Å²) in [7, 11) is 0. The molecule has 1 atom stereocenters. The lowest BCUT2D eigenvalue weighted by atomic mass is 10.3. The summed E-state index contributed by atoms with van der Waals surface area (Å²) in [5.74, 6) is -0.642. The molecule has 146 valence electrons. The Hall–Kier alpha value is -2.81. The molecule has 0 aromatic carbocycles. The first kappa shape index (κ1) is 18.5. The number of likely N-dealkylation sites (tertiary alicyclic amines) is 1. The molecule has 0 aliphatic carbocycles. The fourth-order valence-electron chi connectivity index (χ4n) is 3.18. The van der Waals surface area contributed by atoms with E-state index in [0.29, 0.717) is 42.2 Å². The number of hydrogen-bond acceptors (Lipinski definition) is 6. The maximum absolute atomic E-state index is 14.3. The molecule has 1 fully saturated rings. The molecule has 3 aromatic heterocycles. The number of aryl methyl sites for hydroxylation is 2. The number of carbonyl (C=O) groups is 1. The van der Waals surface area contributed by atoms with Crippen LogP contribution < -0.4 is 4.74 Å². The highest BCUT2D eigenvalue weighted by molar-refractivity contribution is 7.16. The number of ether oxygens (including phenoxy) is 1. The first-order valence-corrected chi connectivity index (χ1v) is 9.94. The summed E-state index contributed by atoms with van der Waals surface area (Å²) < 4.78 is 21.9. The van der Waals surface area contributed by atoms with E-state index in [0.717, 1.165) is 5.13 Å². The van der Waals surface area contributed by atoms with Gasteiger partial charge in [-0.25, -0.2) is 9.97 Å². The van der Waals surface area contributed by atoms with Gasteiger partial charge in [-0.2, -0.15) is 9.37 Å². The van der Waals surface area contributed by atoms with Gasteiger partial charge in [-0.3, -0.25) is 4.79 Å². The van der Waals surface area contributed by atoms with E-state index in [-0.39, 0.29) is 17.9 Å². The zero-order valence-corrected chi connectivity index (χ0v) is 16.4. The van der Waals surface area contributed by atoms with Gasteiger partial charge in [0.1, 0.15) is 17.3 Å². The van der Waals surface area contributed by atoms with Crippen molar-refractivity contribution in [1.82, 2.24) is 24.4 Å². The summed E-state index contributed by atoms with van der Waals surface area (Å²) in [4.78, 5) is 27.6. The van der Waals surface area contributed by atoms with Crippen molar-refractivity contribution in [3.8, 4) is 11.0 Å². The molecule has 1 saturated heterocycles. The van der Waals surface area contributed by atoms with Crippen molar-refractivity contribution in [3.63, 3.8) is 0 Å². The number of hydrogen-bond donors (Lipinski definition) is 0. The molecular weight excluding hydrogens is 381 g/mol. The fourth-order valence-corrected chi connectivity index (χ4v) is 4.18. The van der Waals surface area contributed by atoms with Gasteiger partial charge in [-0.15, -0.1) is 0 Å². The summed E-state index contributed by atoms with van der Waals surface area (Å²) in [6.45, 7) is 4.60. The van der Waals surface area contributed by atoms with E-state index in [1.54, 1.807) is 4.90 Å². The summed E-state index contributed by atoms with van der Waals surface area (Å²) >= 11 is 1.36. The quantitative estimate of drug-likeness (QED) is 0.657. The van der Waals surface area contributed by atoms with Crippen LogP contribution in [0.2, 0.25) is 0 Å². The standard InChI is InChI=1S/C19H20FN5O2S/c1-3-14-15(20)17(22-11-21-14)27-13-6-9-25(10-13)18(26)16-12(2)23-19(28-16)24-7-4-5-8-24/h4-5,7-8,11,13H,3,6,9-10H2,1-2H3. The number of aromatic nitrogens is 4. The zero-order chi connectivity index (χ0) is 19.7. The lowest BCUT2D eigenvalue weighted by molar-refractivity contribution is 0.0773. The predicted molar refractivity (Wildman–Crippen MR) is 102 cm³/mol. The van der Waals surface area contributed by atoms with Crippen molar-refractivity contribution in [2.75, 3.05) is 13.1 Å². The van der Waals surface area contributed by atoms with E-state index in [9.17, 15) is 9.18 Å². The number of rotatable bonds is 5. The highest BCUT2D eigenvalue weighted by atomic mass is 32.1. The van der Waals surface area contributed by atoms with Crippen molar-refractivity contribution in [1.29, 1.82) is 0 Å². The summed E-state index contributed by atoms with van der Waals surface area (Å²) in [5.41, 5.74) is 1.03. The smallest absolute Gasteiger partial charge is 0.266 e. The third-order valence-corrected chi connectivity index (χ3v) is 5.84. The van der Waals surface area contributed by atoms with Crippen molar-refractivity contribution < 1.29 is 13.9 Å². The number of carbonyl (C=O) groups excluding carboxylic acids is 1. The molecular formula is C19H20FN5O2S. The van der Waals surface area contributed by atoms with Crippen LogP contribution in [-0.4, -0.2) is 49.5 Å². The summed E-state index contributed by atoms with van der Waals surface area (Å²) in [6, 6.07) is 3.83. The third kappa shape index (κ3) is 3.49. The first-order chi connectivity index (χ1) is 13.6. The second kappa shape index (κ2) is 7.67. The summed E-state index contributed by atoms with van der Waals surface area (Å²) in [6.07, 6.45) is 5.89. The van der Waals surface area contributed by atoms with Crippen molar-refractivity contribution in [2.45, 2.75) is 32.8 Å². The fraction of sp³-hybridized carbons (Fsp3) is 0.368. The highest BCUT2D eigenvalue weighted by Gasteiger charge is 2.31. The van der Waals surface area contributed by atoms with Crippen LogP contribution >= 0.6 is 11.3 Å². The van der Waals surface area contributed by atoms with Crippen LogP contribution in [-0.2, 0) is 6.42 Å². The van der Waals surface area contributed by atoms with E-state index >= 15 is 0 Å². The predicted octanol–water partition coefficient (Wildman–Crippen LogP) is 3.03. The van der Waals surface area contributed by atoms with Gasteiger partial charge in [0.25, 0.3) is 11.8 Å². The molecule has 7 nitrogen and oxygen atoms in total. The molecule has 28 heavy (non-hydrogen) atoms. The van der Waals surface area contributed by atoms with E-state index in [1.807, 2.05) is 42.9 Å². The zero-order valence-electron chi connectivity index (χ0n) is 15.6. The molecule has 4 rings (SSSR count). The monoisotopic (exact) mass is 401 g/mol. The minimum absolute atomic E-state index is 0.0463. The molecule has 4 heterocycles. The lowest BCUT2D eigenvalue weighted by Gasteiger charge is -2.16. The summed E-state index contributed by atoms with van der Waals surface area (Å²) in [5, 5.41) is 0.757. The van der Waals surface area contributed by atoms with Gasteiger partial charge in [-0.05, 0) is 25.5 Å². The minimum atomic E-state index is -0.524. The van der Waals surface area contributed by atoms with Gasteiger partial charge < -0.3 is 14.2 Å². The van der Waals surface area contributed by atoms with Gasteiger partial charge in [0.05, 0.1) is 17.9 Å². The second-order valence-corrected chi connectivity index (χ2v) is 7.55. The van der Waals surface area contributed by atoms with Gasteiger partial charge >= 0.3 is 0 Å². The molecule has 0 saturated carbocycles. The van der Waals surface area contributed by atoms with Crippen LogP contribution in [0.4, 0.5) is 4.39 Å². The Morgan fingerprint density at radius 1 is 1.36 bits per heavy atom. The van der Waals surface area contributed by atoms with E-state index in [4.69, 9.17) is 4.74 Å². The van der Waals surface area contributed by atoms with Gasteiger partial charge in [0.15, 0.2) is 5.13 Å². The number of amides is 1. The maximum Gasteiger partial charge on any atom is 0.266 e. The molecule has 3 aromatic rings. The number of nitrogens with zero attached hydrogens (tertiary/aromatic N) is 5. The van der Waals surface area contributed by atoms with Crippen LogP contribution in [0.1, 0.15) is 34.4 Å². The van der Waals surface area contributed by atoms with Gasteiger partial charge in [0, 0.05) is 25.4 Å². The van der Waals surface area contributed by atoms with E-state index < -0.39 is 5.82 Å². The van der Waals surface area contributed by atoms with Crippen molar-refractivity contribution in [3.05, 3.63) is 52.9 Å². The topological polar surface area (TPSA) is 73.1 Å². The van der Waals surface area contributed by atoms with Crippen LogP contribution in [0, 0.1) is 12.7 Å². The van der Waals surface area contributed by atoms with E-state index in [1.165, 1.54) is 17.7 Å². The Labute approximate surface area is 165 Å². The Morgan fingerprint density at radius 3 is 2.89 bits per heavy atom. The highest BCUT2D eigenvalue weighted by Crippen LogP contribution is 2.26. The lowest BCUT2D eigenvalue weighted by Crippen LogP contribution is -2.31. The third-order valence-electron chi connectivity index (χ3n) is 4.68. The Kier molecular flexibility index (Phi) is 5.08. The SMILES string of the molecule is CCc1ncnc(OC2CCN(C(=O)c3sc(-n4cccc4)nc3C)C2)c1F. The largest absolute Gasteiger partial charge is 0.470 e. The average molecular weight is 401 g/mol. The second-order valence-electron chi connectivity index (χ2n) is 6.57. The molecule has 1 unspecified atom stereocenters. The van der Waals surface area contributed by atoms with E-state index in [2.05, 4.69) is 15.0 Å². The maximum atomic E-state index is 14.3. The minimum Gasteiger partial charge on any atom is -0.470 e. The molecule has 1 aliphatic heterocycles. The van der Waals surface area contributed by atoms with Crippen molar-refractivity contribution in [2.24, 2.45) is 0 Å². The normalized spacial score (nSPS) is 16.5. The first-order valence-electron chi connectivity index (χ1n) is 9.13. The molecule has 9 heteroatoms. The molecule has 0 radical (unpaired) electrons. The molecule has 1 amide bonds. The average Bonchev–Trinajstić information content (AvgIpc) is 3.43. The van der Waals surface area contributed by atoms with Crippen molar-refractivity contribution >= 4 is 17.2 Å².